The van der Waals surface area contributed by atoms with Gasteiger partial charge in [-0.05, 0) is 19.3 Å². The molecule has 0 aromatic rings. The van der Waals surface area contributed by atoms with Crippen LogP contribution in [0, 0.1) is 5.92 Å². The van der Waals surface area contributed by atoms with E-state index in [2.05, 4.69) is 0 Å². The third-order valence-corrected chi connectivity index (χ3v) is 2.13. The van der Waals surface area contributed by atoms with E-state index in [1.165, 1.54) is 12.2 Å². The van der Waals surface area contributed by atoms with Crippen LogP contribution < -0.4 is 0 Å². The van der Waals surface area contributed by atoms with Gasteiger partial charge in [-0.2, -0.15) is 13.2 Å². The van der Waals surface area contributed by atoms with Gasteiger partial charge in [0.1, 0.15) is 0 Å². The van der Waals surface area contributed by atoms with Crippen molar-refractivity contribution in [3.05, 3.63) is 35.5 Å². The Kier molecular flexibility index (Phi) is 3.19. The summed E-state index contributed by atoms with van der Waals surface area (Å²) in [5, 5.41) is 0. The monoisotopic (exact) mass is 202 g/mol. The number of halogens is 3. The van der Waals surface area contributed by atoms with Crippen LogP contribution >= 0.6 is 0 Å². The molecular formula is C11H13F3. The molecule has 0 spiro atoms. The number of hydrogen-bond acceptors (Lipinski definition) is 0. The normalized spacial score (nSPS) is 23.6. The summed E-state index contributed by atoms with van der Waals surface area (Å²) in [6.45, 7) is 3.59. The summed E-state index contributed by atoms with van der Waals surface area (Å²) in [6.07, 6.45) is 2.30. The van der Waals surface area contributed by atoms with Gasteiger partial charge in [0, 0.05) is 0 Å². The van der Waals surface area contributed by atoms with Crippen LogP contribution in [0.3, 0.4) is 0 Å². The minimum Gasteiger partial charge on any atom is -0.166 e. The van der Waals surface area contributed by atoms with Crippen LogP contribution in [-0.2, 0) is 0 Å². The first-order valence-electron chi connectivity index (χ1n) is 4.53. The van der Waals surface area contributed by atoms with E-state index in [0.717, 1.165) is 11.6 Å². The van der Waals surface area contributed by atoms with E-state index in [-0.39, 0.29) is 5.92 Å². The molecule has 0 bridgehead atoms. The van der Waals surface area contributed by atoms with Crippen LogP contribution in [0.1, 0.15) is 20.3 Å². The van der Waals surface area contributed by atoms with Crippen molar-refractivity contribution in [3.63, 3.8) is 0 Å². The Hall–Kier alpha value is -0.990. The Balaban J connectivity index is 3.00. The summed E-state index contributed by atoms with van der Waals surface area (Å²) < 4.78 is 37.2. The molecule has 14 heavy (non-hydrogen) atoms. The smallest absolute Gasteiger partial charge is 0.166 e. The van der Waals surface area contributed by atoms with Crippen molar-refractivity contribution < 1.29 is 13.2 Å². The molecule has 0 nitrogen and oxygen atoms in total. The number of allylic oxidation sites excluding steroid dienone is 6. The molecular weight excluding hydrogens is 189 g/mol. The van der Waals surface area contributed by atoms with Gasteiger partial charge in [-0.3, -0.25) is 0 Å². The highest BCUT2D eigenvalue weighted by molar-refractivity contribution is 5.32. The fraction of sp³-hybridized carbons (Fsp3) is 0.455. The van der Waals surface area contributed by atoms with Gasteiger partial charge < -0.3 is 0 Å². The molecule has 1 aliphatic carbocycles. The molecule has 0 radical (unpaired) electrons. The zero-order valence-electron chi connectivity index (χ0n) is 8.23. The van der Waals surface area contributed by atoms with Gasteiger partial charge in [0.2, 0.25) is 0 Å². The van der Waals surface area contributed by atoms with Crippen molar-refractivity contribution in [2.45, 2.75) is 26.4 Å². The molecule has 1 unspecified atom stereocenters. The van der Waals surface area contributed by atoms with Crippen LogP contribution in [0.4, 0.5) is 13.2 Å². The predicted molar refractivity (Wildman–Crippen MR) is 50.8 cm³/mol. The molecule has 0 amide bonds. The molecule has 1 aliphatic rings. The second-order valence-corrected chi connectivity index (χ2v) is 3.61. The fourth-order valence-corrected chi connectivity index (χ4v) is 1.28. The Morgan fingerprint density at radius 3 is 2.50 bits per heavy atom. The lowest BCUT2D eigenvalue weighted by Crippen LogP contribution is -2.12. The van der Waals surface area contributed by atoms with Crippen LogP contribution in [0.5, 0.6) is 0 Å². The van der Waals surface area contributed by atoms with E-state index in [0.29, 0.717) is 6.42 Å². The molecule has 0 saturated heterocycles. The molecule has 1 atom stereocenters. The first-order chi connectivity index (χ1) is 6.39. The average molecular weight is 202 g/mol. The first-order valence-corrected chi connectivity index (χ1v) is 4.53. The van der Waals surface area contributed by atoms with Crippen LogP contribution in [0.2, 0.25) is 0 Å². The molecule has 0 aliphatic heterocycles. The van der Waals surface area contributed by atoms with Gasteiger partial charge in [0.15, 0.2) is 0 Å². The van der Waals surface area contributed by atoms with Crippen molar-refractivity contribution in [1.29, 1.82) is 0 Å². The van der Waals surface area contributed by atoms with E-state index >= 15 is 0 Å². The largest absolute Gasteiger partial charge is 0.416 e. The Morgan fingerprint density at radius 1 is 1.29 bits per heavy atom. The highest BCUT2D eigenvalue weighted by atomic mass is 19.4. The number of alkyl halides is 3. The predicted octanol–water partition coefficient (Wildman–Crippen LogP) is 4.02. The molecule has 0 saturated carbocycles. The molecule has 0 heterocycles. The zero-order chi connectivity index (χ0) is 10.8. The lowest BCUT2D eigenvalue weighted by Gasteiger charge is -2.13. The number of hydrogen-bond donors (Lipinski definition) is 0. The van der Waals surface area contributed by atoms with Gasteiger partial charge in [-0.1, -0.05) is 36.8 Å². The van der Waals surface area contributed by atoms with Crippen LogP contribution in [0.15, 0.2) is 35.5 Å². The quantitative estimate of drug-likeness (QED) is 0.556. The third-order valence-electron chi connectivity index (χ3n) is 2.13. The maximum atomic E-state index is 12.4. The van der Waals surface area contributed by atoms with E-state index in [1.807, 2.05) is 13.0 Å². The lowest BCUT2D eigenvalue weighted by atomic mass is 9.99. The minimum absolute atomic E-state index is 0.0634. The Morgan fingerprint density at radius 2 is 1.93 bits per heavy atom. The Bertz CT molecular complexity index is 292. The highest BCUT2D eigenvalue weighted by Crippen LogP contribution is 2.29. The van der Waals surface area contributed by atoms with Gasteiger partial charge in [0.25, 0.3) is 0 Å². The summed E-state index contributed by atoms with van der Waals surface area (Å²) in [7, 11) is 0. The van der Waals surface area contributed by atoms with E-state index < -0.39 is 11.7 Å². The number of rotatable bonds is 0. The third kappa shape index (κ3) is 3.05. The molecule has 3 heteroatoms. The Labute approximate surface area is 81.8 Å². The van der Waals surface area contributed by atoms with Crippen molar-refractivity contribution >= 4 is 0 Å². The fourth-order valence-electron chi connectivity index (χ4n) is 1.28. The van der Waals surface area contributed by atoms with E-state index in [1.54, 1.807) is 6.92 Å². The summed E-state index contributed by atoms with van der Waals surface area (Å²) >= 11 is 0. The minimum atomic E-state index is -4.23. The molecule has 1 rings (SSSR count). The first kappa shape index (κ1) is 11.1. The van der Waals surface area contributed by atoms with Crippen LogP contribution in [-0.4, -0.2) is 6.18 Å². The highest BCUT2D eigenvalue weighted by Gasteiger charge is 2.32. The molecule has 0 N–H and O–H groups in total. The summed E-state index contributed by atoms with van der Waals surface area (Å²) in [6, 6.07) is 0. The summed E-state index contributed by atoms with van der Waals surface area (Å²) in [5.41, 5.74) is 0.337. The van der Waals surface area contributed by atoms with Crippen molar-refractivity contribution in [1.82, 2.24) is 0 Å². The SMILES string of the molecule is CC1=CCC(C)C=C(C(F)(F)F)C=C1. The summed E-state index contributed by atoms with van der Waals surface area (Å²) in [5.74, 6) is -0.0634. The average Bonchev–Trinajstić information content (AvgIpc) is 2.03. The van der Waals surface area contributed by atoms with Crippen molar-refractivity contribution in [2.24, 2.45) is 5.92 Å². The van der Waals surface area contributed by atoms with Gasteiger partial charge in [-0.25, -0.2) is 0 Å². The zero-order valence-corrected chi connectivity index (χ0v) is 8.23. The molecule has 78 valence electrons. The molecule has 0 fully saturated rings. The van der Waals surface area contributed by atoms with E-state index in [9.17, 15) is 13.2 Å². The van der Waals surface area contributed by atoms with Crippen molar-refractivity contribution in [3.8, 4) is 0 Å². The second-order valence-electron chi connectivity index (χ2n) is 3.61. The van der Waals surface area contributed by atoms with Gasteiger partial charge in [-0.15, -0.1) is 0 Å². The van der Waals surface area contributed by atoms with Gasteiger partial charge >= 0.3 is 6.18 Å². The topological polar surface area (TPSA) is 0 Å². The maximum Gasteiger partial charge on any atom is 0.416 e. The standard InChI is InChI=1S/C11H13F3/c1-8-3-4-9(2)7-10(6-5-8)11(12,13)14/h3,5-7,9H,4H2,1-2H3. The van der Waals surface area contributed by atoms with Gasteiger partial charge in [0.05, 0.1) is 5.57 Å². The van der Waals surface area contributed by atoms with Crippen molar-refractivity contribution in [2.75, 3.05) is 0 Å². The maximum absolute atomic E-state index is 12.4. The summed E-state index contributed by atoms with van der Waals surface area (Å²) in [4.78, 5) is 0. The molecule has 0 aromatic heterocycles. The van der Waals surface area contributed by atoms with E-state index in [4.69, 9.17) is 0 Å². The lowest BCUT2D eigenvalue weighted by molar-refractivity contribution is -0.0886. The second kappa shape index (κ2) is 4.03. The van der Waals surface area contributed by atoms with Crippen LogP contribution in [0.25, 0.3) is 0 Å². The molecule has 0 aromatic carbocycles.